The SMILES string of the molecule is C[C@H](Oc1cc(-n2nc3n(c2=O)CCC2(CC2)C3)c(F)cc1C(=O)Nc1ccccc1C(F)(F)F)C(F)(F)F. The molecule has 208 valence electrons. The lowest BCUT2D eigenvalue weighted by atomic mass is 9.95. The number of nitrogens with one attached hydrogen (secondary N) is 1. The third-order valence-corrected chi connectivity index (χ3v) is 7.06. The van der Waals surface area contributed by atoms with Gasteiger partial charge in [-0.25, -0.2) is 9.18 Å². The minimum absolute atomic E-state index is 0.0508. The van der Waals surface area contributed by atoms with Crippen molar-refractivity contribution in [3.63, 3.8) is 0 Å². The van der Waals surface area contributed by atoms with Gasteiger partial charge in [0.25, 0.3) is 5.91 Å². The number of fused-ring (bicyclic) bond motifs is 1. The Morgan fingerprint density at radius 1 is 1.10 bits per heavy atom. The topological polar surface area (TPSA) is 78.2 Å². The average Bonchev–Trinajstić information content (AvgIpc) is 3.52. The molecule has 2 aliphatic rings. The highest BCUT2D eigenvalue weighted by molar-refractivity contribution is 6.06. The Hall–Kier alpha value is -3.84. The summed E-state index contributed by atoms with van der Waals surface area (Å²) in [7, 11) is 0. The van der Waals surface area contributed by atoms with Gasteiger partial charge in [0.2, 0.25) is 0 Å². The van der Waals surface area contributed by atoms with Crippen LogP contribution in [0, 0.1) is 11.2 Å². The van der Waals surface area contributed by atoms with Gasteiger partial charge in [-0.1, -0.05) is 12.1 Å². The number of benzene rings is 2. The molecule has 1 aromatic heterocycles. The molecule has 1 amide bonds. The second-order valence-corrected chi connectivity index (χ2v) is 9.79. The molecule has 14 heteroatoms. The van der Waals surface area contributed by atoms with Gasteiger partial charge in [-0.15, -0.1) is 5.10 Å². The summed E-state index contributed by atoms with van der Waals surface area (Å²) in [6.07, 6.45) is -9.06. The van der Waals surface area contributed by atoms with Crippen LogP contribution >= 0.6 is 0 Å². The second-order valence-electron chi connectivity index (χ2n) is 9.79. The van der Waals surface area contributed by atoms with E-state index in [0.717, 1.165) is 37.5 Å². The standard InChI is InChI=1S/C25H21F7N4O3/c1-13(24(27,28)29)39-19-11-18(36-22(38)35-9-8-23(6-7-23)12-20(35)34-36)16(26)10-14(19)21(37)33-17-5-3-2-4-15(17)25(30,31)32/h2-5,10-11,13H,6-9,12H2,1H3,(H,33,37)/t13-/m0/s1. The summed E-state index contributed by atoms with van der Waals surface area (Å²) in [6, 6.07) is 5.14. The van der Waals surface area contributed by atoms with E-state index in [0.29, 0.717) is 42.5 Å². The van der Waals surface area contributed by atoms with Crippen LogP contribution < -0.4 is 15.7 Å². The fraction of sp³-hybridized carbons (Fsp3) is 0.400. The first-order valence-corrected chi connectivity index (χ1v) is 11.9. The van der Waals surface area contributed by atoms with Crippen molar-refractivity contribution in [1.82, 2.24) is 14.3 Å². The number of amides is 1. The van der Waals surface area contributed by atoms with Crippen molar-refractivity contribution in [3.8, 4) is 11.4 Å². The fourth-order valence-electron chi connectivity index (χ4n) is 4.59. The maximum Gasteiger partial charge on any atom is 0.425 e. The number of hydrogen-bond acceptors (Lipinski definition) is 4. The molecule has 5 rings (SSSR count). The molecule has 1 fully saturated rings. The lowest BCUT2D eigenvalue weighted by Crippen LogP contribution is -2.32. The lowest BCUT2D eigenvalue weighted by Gasteiger charge is -2.21. The molecule has 1 atom stereocenters. The van der Waals surface area contributed by atoms with E-state index < -0.39 is 64.1 Å². The van der Waals surface area contributed by atoms with Gasteiger partial charge in [0.05, 0.1) is 16.8 Å². The quantitative estimate of drug-likeness (QED) is 0.420. The lowest BCUT2D eigenvalue weighted by molar-refractivity contribution is -0.189. The summed E-state index contributed by atoms with van der Waals surface area (Å²) in [5, 5.41) is 6.15. The Bertz CT molecular complexity index is 1500. The van der Waals surface area contributed by atoms with Gasteiger partial charge in [-0.3, -0.25) is 9.36 Å². The van der Waals surface area contributed by atoms with Crippen molar-refractivity contribution in [1.29, 1.82) is 0 Å². The Kier molecular flexibility index (Phi) is 6.26. The van der Waals surface area contributed by atoms with Crippen LogP contribution in [0.3, 0.4) is 0 Å². The molecule has 2 aromatic carbocycles. The summed E-state index contributed by atoms with van der Waals surface area (Å²) in [6.45, 7) is 0.990. The van der Waals surface area contributed by atoms with Gasteiger partial charge >= 0.3 is 18.0 Å². The van der Waals surface area contributed by atoms with E-state index in [4.69, 9.17) is 4.74 Å². The van der Waals surface area contributed by atoms with E-state index in [1.807, 2.05) is 5.32 Å². The number of nitrogens with zero attached hydrogens (tertiary/aromatic N) is 3. The van der Waals surface area contributed by atoms with Crippen molar-refractivity contribution in [2.45, 2.75) is 57.6 Å². The molecule has 1 aliphatic carbocycles. The molecule has 0 saturated heterocycles. The van der Waals surface area contributed by atoms with Gasteiger partial charge < -0.3 is 10.1 Å². The Balaban J connectivity index is 1.56. The number of alkyl halides is 6. The van der Waals surface area contributed by atoms with Crippen LogP contribution in [0.15, 0.2) is 41.2 Å². The van der Waals surface area contributed by atoms with Crippen LogP contribution in [-0.4, -0.2) is 32.5 Å². The molecular weight excluding hydrogens is 537 g/mol. The zero-order chi connectivity index (χ0) is 28.3. The predicted molar refractivity (Wildman–Crippen MR) is 123 cm³/mol. The first kappa shape index (κ1) is 26.8. The maximum atomic E-state index is 15.3. The van der Waals surface area contributed by atoms with Gasteiger partial charge in [0.15, 0.2) is 6.10 Å². The van der Waals surface area contributed by atoms with Gasteiger partial charge in [0, 0.05) is 19.0 Å². The molecule has 2 heterocycles. The molecule has 7 nitrogen and oxygen atoms in total. The third kappa shape index (κ3) is 5.11. The van der Waals surface area contributed by atoms with Crippen LogP contribution in [-0.2, 0) is 19.1 Å². The number of anilines is 1. The zero-order valence-electron chi connectivity index (χ0n) is 20.3. The van der Waals surface area contributed by atoms with E-state index in [2.05, 4.69) is 5.10 Å². The molecule has 0 unspecified atom stereocenters. The highest BCUT2D eigenvalue weighted by Gasteiger charge is 2.46. The molecule has 1 spiro atoms. The number of halogens is 7. The largest absolute Gasteiger partial charge is 0.480 e. The molecule has 1 saturated carbocycles. The van der Waals surface area contributed by atoms with E-state index in [1.54, 1.807) is 0 Å². The number of ether oxygens (including phenoxy) is 1. The minimum Gasteiger partial charge on any atom is -0.480 e. The fourth-order valence-corrected chi connectivity index (χ4v) is 4.59. The monoisotopic (exact) mass is 558 g/mol. The van der Waals surface area contributed by atoms with Crippen molar-refractivity contribution < 1.29 is 40.3 Å². The summed E-state index contributed by atoms with van der Waals surface area (Å²) < 4.78 is 102. The Labute approximate surface area is 216 Å². The average molecular weight is 558 g/mol. The van der Waals surface area contributed by atoms with Gasteiger partial charge in [-0.05, 0) is 49.8 Å². The maximum absolute atomic E-state index is 15.3. The first-order valence-electron chi connectivity index (χ1n) is 11.9. The molecule has 1 N–H and O–H groups in total. The first-order chi connectivity index (χ1) is 18.2. The van der Waals surface area contributed by atoms with E-state index in [1.165, 1.54) is 10.6 Å². The van der Waals surface area contributed by atoms with Gasteiger partial charge in [0.1, 0.15) is 23.1 Å². The Morgan fingerprint density at radius 3 is 2.44 bits per heavy atom. The van der Waals surface area contributed by atoms with Crippen molar-refractivity contribution in [2.75, 3.05) is 5.32 Å². The van der Waals surface area contributed by atoms with Crippen LogP contribution in [0.5, 0.6) is 5.75 Å². The molecule has 0 radical (unpaired) electrons. The second kappa shape index (κ2) is 9.12. The Morgan fingerprint density at radius 2 is 1.79 bits per heavy atom. The summed E-state index contributed by atoms with van der Waals surface area (Å²) >= 11 is 0. The van der Waals surface area contributed by atoms with Crippen LogP contribution in [0.25, 0.3) is 5.69 Å². The predicted octanol–water partition coefficient (Wildman–Crippen LogP) is 5.50. The van der Waals surface area contributed by atoms with E-state index in [-0.39, 0.29) is 5.41 Å². The number of carbonyl (C=O) groups excluding carboxylic acids is 1. The van der Waals surface area contributed by atoms with E-state index >= 15 is 4.39 Å². The van der Waals surface area contributed by atoms with Crippen molar-refractivity contribution in [2.24, 2.45) is 5.41 Å². The van der Waals surface area contributed by atoms with E-state index in [9.17, 15) is 35.9 Å². The minimum atomic E-state index is -4.89. The summed E-state index contributed by atoms with van der Waals surface area (Å²) in [5.74, 6) is -2.96. The normalized spacial score (nSPS) is 17.0. The highest BCUT2D eigenvalue weighted by Crippen LogP contribution is 2.53. The number of rotatable bonds is 5. The molecule has 1 aliphatic heterocycles. The number of para-hydroxylation sites is 1. The van der Waals surface area contributed by atoms with Crippen LogP contribution in [0.2, 0.25) is 0 Å². The summed E-state index contributed by atoms with van der Waals surface area (Å²) in [4.78, 5) is 25.9. The number of aromatic nitrogens is 3. The molecule has 3 aromatic rings. The number of hydrogen-bond donors (Lipinski definition) is 1. The van der Waals surface area contributed by atoms with Crippen LogP contribution in [0.4, 0.5) is 36.4 Å². The molecule has 39 heavy (non-hydrogen) atoms. The molecule has 0 bridgehead atoms. The van der Waals surface area contributed by atoms with Crippen molar-refractivity contribution in [3.05, 3.63) is 69.7 Å². The molecular formula is C25H21F7N4O3. The summed E-state index contributed by atoms with van der Waals surface area (Å²) in [5.41, 5.74) is -3.95. The van der Waals surface area contributed by atoms with Crippen molar-refractivity contribution >= 4 is 11.6 Å². The zero-order valence-corrected chi connectivity index (χ0v) is 20.3. The smallest absolute Gasteiger partial charge is 0.425 e. The number of carbonyl (C=O) groups is 1. The van der Waals surface area contributed by atoms with Gasteiger partial charge in [-0.2, -0.15) is 31.0 Å². The highest BCUT2D eigenvalue weighted by atomic mass is 19.4. The van der Waals surface area contributed by atoms with Crippen LogP contribution in [0.1, 0.15) is 47.9 Å². The third-order valence-electron chi connectivity index (χ3n) is 7.06.